The molecule has 0 spiro atoms. The number of aliphatic hydroxyl groups excluding tert-OH is 1. The number of aryl methyl sites for hydroxylation is 2. The minimum atomic E-state index is -0.461. The monoisotopic (exact) mass is 211 g/mol. The summed E-state index contributed by atoms with van der Waals surface area (Å²) in [5, 5.41) is 17.3. The van der Waals surface area contributed by atoms with Crippen molar-refractivity contribution in [3.05, 3.63) is 17.5 Å². The van der Waals surface area contributed by atoms with Crippen LogP contribution in [0.4, 0.5) is 0 Å². The zero-order valence-corrected chi connectivity index (χ0v) is 9.99. The Morgan fingerprint density at radius 1 is 1.47 bits per heavy atom. The van der Waals surface area contributed by atoms with E-state index in [2.05, 4.69) is 24.3 Å². The molecule has 0 aromatic carbocycles. The predicted octanol–water partition coefficient (Wildman–Crippen LogP) is 1.01. The first kappa shape index (κ1) is 12.2. The number of rotatable bonds is 5. The Hall–Kier alpha value is -0.870. The third-order valence-electron chi connectivity index (χ3n) is 2.30. The van der Waals surface area contributed by atoms with Crippen LogP contribution in [-0.2, 0) is 7.05 Å². The summed E-state index contributed by atoms with van der Waals surface area (Å²) in [7, 11) is 1.87. The topological polar surface area (TPSA) is 50.1 Å². The predicted molar refractivity (Wildman–Crippen MR) is 60.6 cm³/mol. The second-order valence-electron chi connectivity index (χ2n) is 4.41. The van der Waals surface area contributed by atoms with Crippen LogP contribution in [0, 0.1) is 12.8 Å². The summed E-state index contributed by atoms with van der Waals surface area (Å²) < 4.78 is 1.73. The highest BCUT2D eigenvalue weighted by Crippen LogP contribution is 2.14. The maximum atomic E-state index is 9.91. The van der Waals surface area contributed by atoms with Gasteiger partial charge in [-0.25, -0.2) is 0 Å². The van der Waals surface area contributed by atoms with Gasteiger partial charge in [0.15, 0.2) is 0 Å². The standard InChI is InChI=1S/C11H21N3O/c1-8(2)5-12-6-11(15)10-7-14(4)13-9(10)3/h7-8,11-12,15H,5-6H2,1-4H3. The molecule has 0 saturated heterocycles. The second-order valence-corrected chi connectivity index (χ2v) is 4.41. The zero-order chi connectivity index (χ0) is 11.4. The van der Waals surface area contributed by atoms with Crippen molar-refractivity contribution < 1.29 is 5.11 Å². The SMILES string of the molecule is Cc1nn(C)cc1C(O)CNCC(C)C. The van der Waals surface area contributed by atoms with E-state index in [0.717, 1.165) is 17.8 Å². The van der Waals surface area contributed by atoms with Gasteiger partial charge in [-0.3, -0.25) is 4.68 Å². The molecule has 0 radical (unpaired) electrons. The van der Waals surface area contributed by atoms with Crippen LogP contribution in [0.2, 0.25) is 0 Å². The molecule has 1 unspecified atom stereocenters. The molecule has 0 saturated carbocycles. The Bertz CT molecular complexity index is 307. The van der Waals surface area contributed by atoms with Gasteiger partial charge in [-0.15, -0.1) is 0 Å². The minimum absolute atomic E-state index is 0.461. The van der Waals surface area contributed by atoms with Crippen LogP contribution in [0.15, 0.2) is 6.20 Å². The lowest BCUT2D eigenvalue weighted by atomic mass is 10.1. The van der Waals surface area contributed by atoms with Crippen molar-refractivity contribution in [3.8, 4) is 0 Å². The first-order valence-corrected chi connectivity index (χ1v) is 5.39. The number of nitrogens with one attached hydrogen (secondary N) is 1. The lowest BCUT2D eigenvalue weighted by molar-refractivity contribution is 0.172. The third kappa shape index (κ3) is 3.64. The van der Waals surface area contributed by atoms with Crippen molar-refractivity contribution in [1.29, 1.82) is 0 Å². The number of nitrogens with zero attached hydrogens (tertiary/aromatic N) is 2. The van der Waals surface area contributed by atoms with Crippen LogP contribution in [0.5, 0.6) is 0 Å². The van der Waals surface area contributed by atoms with Gasteiger partial charge in [0.1, 0.15) is 0 Å². The molecule has 1 atom stereocenters. The highest BCUT2D eigenvalue weighted by Gasteiger charge is 2.12. The highest BCUT2D eigenvalue weighted by atomic mass is 16.3. The third-order valence-corrected chi connectivity index (χ3v) is 2.30. The van der Waals surface area contributed by atoms with Crippen LogP contribution >= 0.6 is 0 Å². The molecule has 0 fully saturated rings. The fourth-order valence-electron chi connectivity index (χ4n) is 1.56. The molecule has 0 amide bonds. The van der Waals surface area contributed by atoms with Gasteiger partial charge in [-0.05, 0) is 19.4 Å². The van der Waals surface area contributed by atoms with E-state index in [0.29, 0.717) is 12.5 Å². The van der Waals surface area contributed by atoms with Crippen molar-refractivity contribution in [3.63, 3.8) is 0 Å². The van der Waals surface area contributed by atoms with E-state index in [9.17, 15) is 5.11 Å². The molecule has 4 heteroatoms. The molecule has 1 rings (SSSR count). The molecule has 4 nitrogen and oxygen atoms in total. The average Bonchev–Trinajstić information content (AvgIpc) is 2.44. The Morgan fingerprint density at radius 3 is 2.60 bits per heavy atom. The van der Waals surface area contributed by atoms with Crippen molar-refractivity contribution in [2.45, 2.75) is 26.9 Å². The van der Waals surface area contributed by atoms with Crippen LogP contribution in [0.3, 0.4) is 0 Å². The average molecular weight is 211 g/mol. The minimum Gasteiger partial charge on any atom is -0.387 e. The summed E-state index contributed by atoms with van der Waals surface area (Å²) in [5.41, 5.74) is 1.81. The molecule has 1 aromatic rings. The molecule has 0 aliphatic rings. The van der Waals surface area contributed by atoms with Gasteiger partial charge in [-0.1, -0.05) is 13.8 Å². The van der Waals surface area contributed by atoms with E-state index >= 15 is 0 Å². The molecule has 2 N–H and O–H groups in total. The number of hydrogen-bond acceptors (Lipinski definition) is 3. The highest BCUT2D eigenvalue weighted by molar-refractivity contribution is 5.18. The van der Waals surface area contributed by atoms with Gasteiger partial charge in [-0.2, -0.15) is 5.10 Å². The van der Waals surface area contributed by atoms with Gasteiger partial charge >= 0.3 is 0 Å². The van der Waals surface area contributed by atoms with Gasteiger partial charge in [0.2, 0.25) is 0 Å². The van der Waals surface area contributed by atoms with E-state index in [-0.39, 0.29) is 0 Å². The maximum absolute atomic E-state index is 9.91. The molecule has 1 heterocycles. The summed E-state index contributed by atoms with van der Waals surface area (Å²) in [5.74, 6) is 0.604. The fraction of sp³-hybridized carbons (Fsp3) is 0.727. The van der Waals surface area contributed by atoms with Crippen LogP contribution in [0.25, 0.3) is 0 Å². The van der Waals surface area contributed by atoms with Crippen molar-refractivity contribution in [2.75, 3.05) is 13.1 Å². The molecular weight excluding hydrogens is 190 g/mol. The molecule has 15 heavy (non-hydrogen) atoms. The Labute approximate surface area is 91.3 Å². The van der Waals surface area contributed by atoms with Crippen molar-refractivity contribution >= 4 is 0 Å². The summed E-state index contributed by atoms with van der Waals surface area (Å²) in [6.45, 7) is 7.73. The molecule has 0 bridgehead atoms. The number of aromatic nitrogens is 2. The van der Waals surface area contributed by atoms with E-state index in [1.165, 1.54) is 0 Å². The smallest absolute Gasteiger partial charge is 0.0947 e. The molecule has 0 aliphatic carbocycles. The van der Waals surface area contributed by atoms with E-state index in [4.69, 9.17) is 0 Å². The van der Waals surface area contributed by atoms with Crippen LogP contribution in [-0.4, -0.2) is 28.0 Å². The first-order valence-electron chi connectivity index (χ1n) is 5.39. The summed E-state index contributed by atoms with van der Waals surface area (Å²) >= 11 is 0. The molecule has 1 aromatic heterocycles. The summed E-state index contributed by atoms with van der Waals surface area (Å²) in [6, 6.07) is 0. The van der Waals surface area contributed by atoms with Crippen LogP contribution < -0.4 is 5.32 Å². The second kappa shape index (κ2) is 5.28. The quantitative estimate of drug-likeness (QED) is 0.764. The Kier molecular flexibility index (Phi) is 4.29. The fourth-order valence-corrected chi connectivity index (χ4v) is 1.56. The van der Waals surface area contributed by atoms with Gasteiger partial charge in [0.05, 0.1) is 11.8 Å². The van der Waals surface area contributed by atoms with Crippen molar-refractivity contribution in [1.82, 2.24) is 15.1 Å². The van der Waals surface area contributed by atoms with E-state index < -0.39 is 6.10 Å². The molecule has 0 aliphatic heterocycles. The molecule has 86 valence electrons. The first-order chi connectivity index (χ1) is 7.00. The number of aliphatic hydroxyl groups is 1. The zero-order valence-electron chi connectivity index (χ0n) is 9.99. The van der Waals surface area contributed by atoms with Gasteiger partial charge < -0.3 is 10.4 Å². The maximum Gasteiger partial charge on any atom is 0.0947 e. The Morgan fingerprint density at radius 2 is 2.13 bits per heavy atom. The van der Waals surface area contributed by atoms with E-state index in [1.54, 1.807) is 4.68 Å². The Balaban J connectivity index is 2.46. The summed E-state index contributed by atoms with van der Waals surface area (Å²) in [4.78, 5) is 0. The van der Waals surface area contributed by atoms with Crippen LogP contribution in [0.1, 0.15) is 31.2 Å². The van der Waals surface area contributed by atoms with Gasteiger partial charge in [0, 0.05) is 25.4 Å². The summed E-state index contributed by atoms with van der Waals surface area (Å²) in [6.07, 6.45) is 1.41. The molecular formula is C11H21N3O. The van der Waals surface area contributed by atoms with Gasteiger partial charge in [0.25, 0.3) is 0 Å². The van der Waals surface area contributed by atoms with Crippen molar-refractivity contribution in [2.24, 2.45) is 13.0 Å². The number of hydrogen-bond donors (Lipinski definition) is 2. The lowest BCUT2D eigenvalue weighted by Crippen LogP contribution is -2.25. The normalized spacial score (nSPS) is 13.5. The largest absolute Gasteiger partial charge is 0.387 e. The lowest BCUT2D eigenvalue weighted by Gasteiger charge is -2.12. The van der Waals surface area contributed by atoms with E-state index in [1.807, 2.05) is 20.2 Å².